The number of likely N-dealkylation sites (tertiary alicyclic amines) is 1. The minimum atomic E-state index is -0.800. The van der Waals surface area contributed by atoms with E-state index < -0.39 is 12.0 Å². The van der Waals surface area contributed by atoms with Gasteiger partial charge in [-0.25, -0.2) is 4.39 Å². The fraction of sp³-hybridized carbons (Fsp3) is 0.286. The van der Waals surface area contributed by atoms with Crippen molar-refractivity contribution in [1.82, 2.24) is 4.90 Å². The van der Waals surface area contributed by atoms with Gasteiger partial charge in [0.15, 0.2) is 0 Å². The van der Waals surface area contributed by atoms with Gasteiger partial charge in [0.05, 0.1) is 6.04 Å². The van der Waals surface area contributed by atoms with Gasteiger partial charge in [-0.2, -0.15) is 0 Å². The largest absolute Gasteiger partial charge is 0.480 e. The number of carboxylic acid groups (broad SMARTS) is 1. The van der Waals surface area contributed by atoms with Crippen molar-refractivity contribution in [3.8, 4) is 0 Å². The summed E-state index contributed by atoms with van der Waals surface area (Å²) in [5.41, 5.74) is 1.87. The highest BCUT2D eigenvalue weighted by atomic mass is 32.1. The molecule has 26 heavy (non-hydrogen) atoms. The number of aliphatic carboxylic acids is 1. The van der Waals surface area contributed by atoms with Crippen molar-refractivity contribution in [2.75, 3.05) is 6.54 Å². The Morgan fingerprint density at radius 2 is 2.04 bits per heavy atom. The lowest BCUT2D eigenvalue weighted by Gasteiger charge is -2.39. The highest BCUT2D eigenvalue weighted by Gasteiger charge is 2.36. The summed E-state index contributed by atoms with van der Waals surface area (Å²) in [6.07, 6.45) is 2.49. The van der Waals surface area contributed by atoms with Crippen molar-refractivity contribution in [3.05, 3.63) is 70.9 Å². The van der Waals surface area contributed by atoms with E-state index in [1.54, 1.807) is 17.4 Å². The highest BCUT2D eigenvalue weighted by Crippen LogP contribution is 2.40. The highest BCUT2D eigenvalue weighted by molar-refractivity contribution is 7.17. The molecule has 4 rings (SSSR count). The number of rotatable bonds is 4. The molecule has 1 aliphatic rings. The fourth-order valence-corrected chi connectivity index (χ4v) is 4.94. The van der Waals surface area contributed by atoms with E-state index in [-0.39, 0.29) is 11.9 Å². The quantitative estimate of drug-likeness (QED) is 0.698. The zero-order valence-electron chi connectivity index (χ0n) is 14.3. The first kappa shape index (κ1) is 17.2. The van der Waals surface area contributed by atoms with Crippen LogP contribution in [0.25, 0.3) is 10.1 Å². The van der Waals surface area contributed by atoms with Gasteiger partial charge >= 0.3 is 5.97 Å². The smallest absolute Gasteiger partial charge is 0.320 e. The number of hydrogen-bond acceptors (Lipinski definition) is 3. The number of hydrogen-bond donors (Lipinski definition) is 1. The van der Waals surface area contributed by atoms with Gasteiger partial charge in [0, 0.05) is 4.70 Å². The molecular weight excluding hydrogens is 349 g/mol. The molecule has 2 aromatic carbocycles. The lowest BCUT2D eigenvalue weighted by Crippen LogP contribution is -2.46. The summed E-state index contributed by atoms with van der Waals surface area (Å²) in [6.45, 7) is 0.697. The third-order valence-corrected chi connectivity index (χ3v) is 6.11. The Hall–Kier alpha value is -2.24. The Balaban J connectivity index is 1.88. The van der Waals surface area contributed by atoms with Crippen LogP contribution in [0.1, 0.15) is 36.4 Å². The molecule has 134 valence electrons. The molecule has 3 nitrogen and oxygen atoms in total. The fourth-order valence-electron chi connectivity index (χ4n) is 3.96. The Bertz CT molecular complexity index is 938. The van der Waals surface area contributed by atoms with Crippen LogP contribution in [0.3, 0.4) is 0 Å². The SMILES string of the molecule is O=C(O)C1CCCCN1C(c1cccc(F)c1)c1csc2ccccc12. The summed E-state index contributed by atoms with van der Waals surface area (Å²) < 4.78 is 15.1. The van der Waals surface area contributed by atoms with E-state index in [2.05, 4.69) is 17.5 Å². The van der Waals surface area contributed by atoms with E-state index in [4.69, 9.17) is 0 Å². The van der Waals surface area contributed by atoms with Crippen molar-refractivity contribution in [2.24, 2.45) is 0 Å². The molecule has 0 bridgehead atoms. The predicted molar refractivity (Wildman–Crippen MR) is 102 cm³/mol. The molecule has 1 fully saturated rings. The standard InChI is InChI=1S/C21H20FNO2S/c22-15-7-5-6-14(12-15)20(23-11-4-3-9-18(23)21(24)25)17-13-26-19-10-2-1-8-16(17)19/h1-2,5-8,10,12-13,18,20H,3-4,9,11H2,(H,24,25). The summed E-state index contributed by atoms with van der Waals surface area (Å²) in [5, 5.41) is 13.0. The Morgan fingerprint density at radius 1 is 1.19 bits per heavy atom. The molecule has 1 aromatic heterocycles. The van der Waals surface area contributed by atoms with Gasteiger partial charge in [0.25, 0.3) is 0 Å². The second kappa shape index (κ2) is 7.17. The maximum atomic E-state index is 14.0. The molecule has 3 aromatic rings. The van der Waals surface area contributed by atoms with Gasteiger partial charge in [-0.1, -0.05) is 36.8 Å². The van der Waals surface area contributed by atoms with Crippen LogP contribution in [0.4, 0.5) is 4.39 Å². The third kappa shape index (κ3) is 3.13. The molecule has 1 aliphatic heterocycles. The van der Waals surface area contributed by atoms with Gasteiger partial charge in [-0.15, -0.1) is 11.3 Å². The van der Waals surface area contributed by atoms with E-state index in [0.717, 1.165) is 34.1 Å². The van der Waals surface area contributed by atoms with Crippen LogP contribution in [-0.2, 0) is 4.79 Å². The summed E-state index contributed by atoms with van der Waals surface area (Å²) in [5.74, 6) is -1.10. The van der Waals surface area contributed by atoms with Crippen LogP contribution in [0.5, 0.6) is 0 Å². The second-order valence-corrected chi connectivity index (χ2v) is 7.64. The van der Waals surface area contributed by atoms with Gasteiger partial charge in [0.2, 0.25) is 0 Å². The van der Waals surface area contributed by atoms with Crippen molar-refractivity contribution >= 4 is 27.4 Å². The normalized spacial score (nSPS) is 19.5. The summed E-state index contributed by atoms with van der Waals surface area (Å²) in [7, 11) is 0. The zero-order valence-corrected chi connectivity index (χ0v) is 15.1. The number of nitrogens with zero attached hydrogens (tertiary/aromatic N) is 1. The third-order valence-electron chi connectivity index (χ3n) is 5.13. The van der Waals surface area contributed by atoms with Crippen LogP contribution in [0.2, 0.25) is 0 Å². The van der Waals surface area contributed by atoms with Crippen LogP contribution in [0, 0.1) is 5.82 Å². The molecule has 2 heterocycles. The number of thiophene rings is 1. The minimum absolute atomic E-state index is 0.261. The number of piperidine rings is 1. The van der Waals surface area contributed by atoms with Gasteiger partial charge in [0.1, 0.15) is 11.9 Å². The average molecular weight is 369 g/mol. The van der Waals surface area contributed by atoms with Crippen LogP contribution >= 0.6 is 11.3 Å². The monoisotopic (exact) mass is 369 g/mol. The molecule has 2 unspecified atom stereocenters. The zero-order chi connectivity index (χ0) is 18.1. The summed E-state index contributed by atoms with van der Waals surface area (Å²) in [4.78, 5) is 13.9. The molecule has 0 saturated carbocycles. The minimum Gasteiger partial charge on any atom is -0.480 e. The molecule has 2 atom stereocenters. The number of halogens is 1. The van der Waals surface area contributed by atoms with Gasteiger partial charge in [-0.3, -0.25) is 9.69 Å². The van der Waals surface area contributed by atoms with Crippen molar-refractivity contribution in [1.29, 1.82) is 0 Å². The second-order valence-electron chi connectivity index (χ2n) is 6.73. The van der Waals surface area contributed by atoms with Gasteiger partial charge in [-0.05, 0) is 59.5 Å². The summed E-state index contributed by atoms with van der Waals surface area (Å²) in [6, 6.07) is 13.9. The molecule has 0 amide bonds. The molecule has 1 saturated heterocycles. The van der Waals surface area contributed by atoms with Crippen molar-refractivity contribution in [3.63, 3.8) is 0 Å². The number of carbonyl (C=O) groups is 1. The first-order valence-electron chi connectivity index (χ1n) is 8.85. The maximum Gasteiger partial charge on any atom is 0.320 e. The first-order valence-corrected chi connectivity index (χ1v) is 9.73. The van der Waals surface area contributed by atoms with Crippen molar-refractivity contribution in [2.45, 2.75) is 31.3 Å². The lowest BCUT2D eigenvalue weighted by molar-refractivity contribution is -0.145. The molecule has 1 N–H and O–H groups in total. The number of fused-ring (bicyclic) bond motifs is 1. The Morgan fingerprint density at radius 3 is 2.85 bits per heavy atom. The molecule has 0 radical (unpaired) electrons. The predicted octanol–water partition coefficient (Wildman–Crippen LogP) is 5.07. The maximum absolute atomic E-state index is 14.0. The number of benzene rings is 2. The van der Waals surface area contributed by atoms with E-state index in [1.807, 2.05) is 23.1 Å². The van der Waals surface area contributed by atoms with Gasteiger partial charge < -0.3 is 5.11 Å². The Labute approximate surface area is 155 Å². The van der Waals surface area contributed by atoms with E-state index in [0.29, 0.717) is 13.0 Å². The molecule has 0 aliphatic carbocycles. The van der Waals surface area contributed by atoms with Crippen molar-refractivity contribution < 1.29 is 14.3 Å². The topological polar surface area (TPSA) is 40.5 Å². The molecule has 0 spiro atoms. The average Bonchev–Trinajstić information content (AvgIpc) is 3.06. The van der Waals surface area contributed by atoms with Crippen LogP contribution in [0.15, 0.2) is 53.9 Å². The molecular formula is C21H20FNO2S. The Kier molecular flexibility index (Phi) is 4.74. The lowest BCUT2D eigenvalue weighted by atomic mass is 9.91. The number of carboxylic acids is 1. The molecule has 5 heteroatoms. The van der Waals surface area contributed by atoms with Crippen LogP contribution in [-0.4, -0.2) is 28.6 Å². The van der Waals surface area contributed by atoms with E-state index >= 15 is 0 Å². The first-order chi connectivity index (χ1) is 12.6. The van der Waals surface area contributed by atoms with E-state index in [1.165, 1.54) is 12.1 Å². The van der Waals surface area contributed by atoms with E-state index in [9.17, 15) is 14.3 Å². The summed E-state index contributed by atoms with van der Waals surface area (Å²) >= 11 is 1.65. The van der Waals surface area contributed by atoms with Crippen LogP contribution < -0.4 is 0 Å².